The molecular weight excluding hydrogens is 192 g/mol. The van der Waals surface area contributed by atoms with E-state index in [0.29, 0.717) is 5.56 Å². The minimum absolute atomic E-state index is 0.177. The summed E-state index contributed by atoms with van der Waals surface area (Å²) in [5.74, 6) is 4.66. The molecule has 4 nitrogen and oxygen atoms in total. The quantitative estimate of drug-likeness (QED) is 0.284. The molecular formula is C11H10N2O2. The Morgan fingerprint density at radius 3 is 2.67 bits per heavy atom. The normalized spacial score (nSPS) is 11.2. The van der Waals surface area contributed by atoms with Gasteiger partial charge in [0.1, 0.15) is 0 Å². The molecule has 0 aliphatic rings. The van der Waals surface area contributed by atoms with Gasteiger partial charge in [-0.25, -0.2) is 0 Å². The standard InChI is InChI=1S/C11H10N2O2/c12-13-6-9-8-4-2-1-3-7(8)5-10(14)11(9)15/h1-6,14-15H,12H2. The van der Waals surface area contributed by atoms with Gasteiger partial charge in [-0.1, -0.05) is 24.3 Å². The summed E-state index contributed by atoms with van der Waals surface area (Å²) in [7, 11) is 0. The molecule has 4 heteroatoms. The van der Waals surface area contributed by atoms with Crippen LogP contribution in [0.1, 0.15) is 5.56 Å². The molecule has 0 saturated carbocycles. The molecule has 0 fully saturated rings. The summed E-state index contributed by atoms with van der Waals surface area (Å²) in [4.78, 5) is 0. The SMILES string of the molecule is NN=Cc1c(O)c(O)cc2ccccc12. The van der Waals surface area contributed by atoms with Crippen LogP contribution >= 0.6 is 0 Å². The Bertz CT molecular complexity index is 535. The fourth-order valence-corrected chi connectivity index (χ4v) is 1.55. The van der Waals surface area contributed by atoms with Crippen molar-refractivity contribution in [3.63, 3.8) is 0 Å². The van der Waals surface area contributed by atoms with Gasteiger partial charge >= 0.3 is 0 Å². The molecule has 76 valence electrons. The fourth-order valence-electron chi connectivity index (χ4n) is 1.55. The first-order valence-electron chi connectivity index (χ1n) is 4.41. The molecule has 0 spiro atoms. The van der Waals surface area contributed by atoms with E-state index in [1.807, 2.05) is 24.3 Å². The van der Waals surface area contributed by atoms with Crippen LogP contribution in [0.3, 0.4) is 0 Å². The highest BCUT2D eigenvalue weighted by atomic mass is 16.3. The first-order chi connectivity index (χ1) is 7.24. The Labute approximate surface area is 86.3 Å². The van der Waals surface area contributed by atoms with Crippen molar-refractivity contribution in [2.75, 3.05) is 0 Å². The van der Waals surface area contributed by atoms with Crippen molar-refractivity contribution in [2.45, 2.75) is 0 Å². The first-order valence-corrected chi connectivity index (χ1v) is 4.41. The van der Waals surface area contributed by atoms with E-state index in [1.54, 1.807) is 0 Å². The molecule has 2 aromatic carbocycles. The largest absolute Gasteiger partial charge is 0.504 e. The van der Waals surface area contributed by atoms with Gasteiger partial charge in [0.25, 0.3) is 0 Å². The summed E-state index contributed by atoms with van der Waals surface area (Å²) in [6.45, 7) is 0. The van der Waals surface area contributed by atoms with Crippen molar-refractivity contribution in [1.82, 2.24) is 0 Å². The van der Waals surface area contributed by atoms with Gasteiger partial charge in [-0.3, -0.25) is 0 Å². The Kier molecular flexibility index (Phi) is 2.17. The van der Waals surface area contributed by atoms with Crippen LogP contribution < -0.4 is 5.84 Å². The lowest BCUT2D eigenvalue weighted by Crippen LogP contribution is -1.90. The number of phenols is 2. The molecule has 0 radical (unpaired) electrons. The average Bonchev–Trinajstić information content (AvgIpc) is 2.25. The maximum Gasteiger partial charge on any atom is 0.167 e. The lowest BCUT2D eigenvalue weighted by atomic mass is 10.0. The highest BCUT2D eigenvalue weighted by molar-refractivity contribution is 6.03. The Balaban J connectivity index is 2.89. The Morgan fingerprint density at radius 2 is 1.93 bits per heavy atom. The molecule has 15 heavy (non-hydrogen) atoms. The van der Waals surface area contributed by atoms with Crippen LogP contribution in [0.5, 0.6) is 11.5 Å². The number of fused-ring (bicyclic) bond motifs is 1. The van der Waals surface area contributed by atoms with E-state index in [2.05, 4.69) is 5.10 Å². The molecule has 0 atom stereocenters. The van der Waals surface area contributed by atoms with Crippen LogP contribution in [0, 0.1) is 0 Å². The van der Waals surface area contributed by atoms with Crippen molar-refractivity contribution in [2.24, 2.45) is 10.9 Å². The Morgan fingerprint density at radius 1 is 1.20 bits per heavy atom. The number of benzene rings is 2. The van der Waals surface area contributed by atoms with Crippen LogP contribution in [0.15, 0.2) is 35.4 Å². The zero-order chi connectivity index (χ0) is 10.8. The van der Waals surface area contributed by atoms with Crippen molar-refractivity contribution < 1.29 is 10.2 Å². The fraction of sp³-hybridized carbons (Fsp3) is 0. The van der Waals surface area contributed by atoms with Crippen molar-refractivity contribution in [3.8, 4) is 11.5 Å². The van der Waals surface area contributed by atoms with E-state index in [0.717, 1.165) is 10.8 Å². The minimum atomic E-state index is -0.206. The van der Waals surface area contributed by atoms with E-state index in [9.17, 15) is 10.2 Å². The average molecular weight is 202 g/mol. The topological polar surface area (TPSA) is 78.8 Å². The summed E-state index contributed by atoms with van der Waals surface area (Å²) in [6.07, 6.45) is 1.32. The molecule has 0 aromatic heterocycles. The summed E-state index contributed by atoms with van der Waals surface area (Å²) in [5.41, 5.74) is 0.424. The molecule has 0 saturated heterocycles. The number of hydrogen-bond donors (Lipinski definition) is 3. The van der Waals surface area contributed by atoms with Crippen LogP contribution in [-0.2, 0) is 0 Å². The maximum atomic E-state index is 9.63. The van der Waals surface area contributed by atoms with Crippen LogP contribution in [0.2, 0.25) is 0 Å². The summed E-state index contributed by atoms with van der Waals surface area (Å²) >= 11 is 0. The van der Waals surface area contributed by atoms with Gasteiger partial charge in [0.15, 0.2) is 11.5 Å². The van der Waals surface area contributed by atoms with E-state index in [-0.39, 0.29) is 11.5 Å². The van der Waals surface area contributed by atoms with Gasteiger partial charge in [-0.05, 0) is 16.8 Å². The lowest BCUT2D eigenvalue weighted by molar-refractivity contribution is 0.404. The zero-order valence-electron chi connectivity index (χ0n) is 7.88. The van der Waals surface area contributed by atoms with E-state index < -0.39 is 0 Å². The van der Waals surface area contributed by atoms with Gasteiger partial charge in [0.05, 0.1) is 6.21 Å². The van der Waals surface area contributed by atoms with Crippen molar-refractivity contribution in [1.29, 1.82) is 0 Å². The molecule has 0 aliphatic heterocycles. The second kappa shape index (κ2) is 3.49. The molecule has 0 unspecified atom stereocenters. The summed E-state index contributed by atoms with van der Waals surface area (Å²) in [6, 6.07) is 8.85. The summed E-state index contributed by atoms with van der Waals surface area (Å²) in [5, 5.41) is 24.1. The van der Waals surface area contributed by atoms with Gasteiger partial charge < -0.3 is 16.1 Å². The minimum Gasteiger partial charge on any atom is -0.504 e. The predicted molar refractivity (Wildman–Crippen MR) is 59.1 cm³/mol. The molecule has 4 N–H and O–H groups in total. The van der Waals surface area contributed by atoms with Crippen LogP contribution in [0.25, 0.3) is 10.8 Å². The van der Waals surface area contributed by atoms with Crippen molar-refractivity contribution in [3.05, 3.63) is 35.9 Å². The number of nitrogens with two attached hydrogens (primary N) is 1. The molecule has 2 rings (SSSR count). The van der Waals surface area contributed by atoms with E-state index >= 15 is 0 Å². The second-order valence-corrected chi connectivity index (χ2v) is 3.16. The molecule has 0 aliphatic carbocycles. The molecule has 0 heterocycles. The van der Waals surface area contributed by atoms with Crippen LogP contribution in [0.4, 0.5) is 0 Å². The van der Waals surface area contributed by atoms with E-state index in [4.69, 9.17) is 5.84 Å². The third kappa shape index (κ3) is 1.46. The third-order valence-electron chi connectivity index (χ3n) is 2.24. The highest BCUT2D eigenvalue weighted by Crippen LogP contribution is 2.34. The second-order valence-electron chi connectivity index (χ2n) is 3.16. The zero-order valence-corrected chi connectivity index (χ0v) is 7.88. The monoisotopic (exact) mass is 202 g/mol. The number of nitrogens with zero attached hydrogens (tertiary/aromatic N) is 1. The third-order valence-corrected chi connectivity index (χ3v) is 2.24. The van der Waals surface area contributed by atoms with Gasteiger partial charge in [0.2, 0.25) is 0 Å². The van der Waals surface area contributed by atoms with Gasteiger partial charge in [0, 0.05) is 5.56 Å². The molecule has 0 amide bonds. The number of hydrazone groups is 1. The van der Waals surface area contributed by atoms with E-state index in [1.165, 1.54) is 12.3 Å². The smallest absolute Gasteiger partial charge is 0.167 e. The van der Waals surface area contributed by atoms with Crippen molar-refractivity contribution >= 4 is 17.0 Å². The number of aromatic hydroxyl groups is 2. The number of phenolic OH excluding ortho intramolecular Hbond substituents is 2. The first kappa shape index (κ1) is 9.33. The predicted octanol–water partition coefficient (Wildman–Crippen LogP) is 1.54. The maximum absolute atomic E-state index is 9.63. The molecule has 0 bridgehead atoms. The lowest BCUT2D eigenvalue weighted by Gasteiger charge is -2.06. The highest BCUT2D eigenvalue weighted by Gasteiger charge is 2.09. The van der Waals surface area contributed by atoms with Gasteiger partial charge in [-0.15, -0.1) is 0 Å². The van der Waals surface area contributed by atoms with Crippen LogP contribution in [-0.4, -0.2) is 16.4 Å². The number of hydrogen-bond acceptors (Lipinski definition) is 4. The van der Waals surface area contributed by atoms with Gasteiger partial charge in [-0.2, -0.15) is 5.10 Å². The number of rotatable bonds is 1. The Hall–Kier alpha value is -2.23. The molecule has 2 aromatic rings. The summed E-state index contributed by atoms with van der Waals surface area (Å²) < 4.78 is 0.